The van der Waals surface area contributed by atoms with Crippen LogP contribution in [-0.4, -0.2) is 21.7 Å². The fourth-order valence-corrected chi connectivity index (χ4v) is 3.49. The normalized spacial score (nSPS) is 11.3. The topological polar surface area (TPSA) is 61.0 Å². The van der Waals surface area contributed by atoms with Gasteiger partial charge in [0.25, 0.3) is 5.89 Å². The Labute approximate surface area is 173 Å². The Morgan fingerprint density at radius 2 is 1.79 bits per heavy atom. The zero-order chi connectivity index (χ0) is 21.0. The van der Waals surface area contributed by atoms with Gasteiger partial charge in [-0.05, 0) is 74.4 Å². The lowest BCUT2D eigenvalue weighted by molar-refractivity contribution is 0.312. The first-order valence-corrected chi connectivity index (χ1v) is 10.5. The zero-order valence-corrected chi connectivity index (χ0v) is 18.4. The number of aromatic nitrogens is 3. The molecule has 0 saturated carbocycles. The molecule has 0 saturated heterocycles. The number of aryl methyl sites for hydroxylation is 3. The van der Waals surface area contributed by atoms with E-state index in [0.29, 0.717) is 17.6 Å². The highest BCUT2D eigenvalue weighted by atomic mass is 16.5. The van der Waals surface area contributed by atoms with Crippen molar-refractivity contribution in [3.8, 4) is 28.6 Å². The summed E-state index contributed by atoms with van der Waals surface area (Å²) in [6.45, 7) is 13.4. The molecule has 3 rings (SSSR count). The second kappa shape index (κ2) is 9.21. The van der Waals surface area contributed by atoms with E-state index in [-0.39, 0.29) is 0 Å². The van der Waals surface area contributed by atoms with E-state index in [1.165, 1.54) is 0 Å². The fraction of sp³-hybridized carbons (Fsp3) is 0.458. The van der Waals surface area contributed by atoms with E-state index < -0.39 is 0 Å². The molecule has 0 aliphatic heterocycles. The Kier molecular flexibility index (Phi) is 6.68. The number of hydrogen-bond acceptors (Lipinski definition) is 5. The number of nitrogens with zero attached hydrogens (tertiary/aromatic N) is 3. The van der Waals surface area contributed by atoms with Crippen molar-refractivity contribution in [2.24, 2.45) is 5.92 Å². The average Bonchev–Trinajstić information content (AvgIpc) is 3.15. The van der Waals surface area contributed by atoms with Crippen molar-refractivity contribution >= 4 is 0 Å². The highest BCUT2D eigenvalue weighted by Crippen LogP contribution is 2.31. The summed E-state index contributed by atoms with van der Waals surface area (Å²) < 4.78 is 11.6. The molecule has 0 bridgehead atoms. The van der Waals surface area contributed by atoms with Crippen LogP contribution in [0, 0.1) is 19.8 Å². The molecule has 154 valence electrons. The van der Waals surface area contributed by atoms with Crippen LogP contribution in [0.1, 0.15) is 56.6 Å². The second-order valence-corrected chi connectivity index (χ2v) is 7.99. The maximum Gasteiger partial charge on any atom is 0.258 e. The van der Waals surface area contributed by atoms with Gasteiger partial charge in [-0.3, -0.25) is 4.98 Å². The summed E-state index contributed by atoms with van der Waals surface area (Å²) >= 11 is 0. The first kappa shape index (κ1) is 21.0. The van der Waals surface area contributed by atoms with Crippen molar-refractivity contribution in [3.05, 3.63) is 46.8 Å². The third-order valence-corrected chi connectivity index (χ3v) is 4.74. The summed E-state index contributed by atoms with van der Waals surface area (Å²) in [5.74, 6) is 2.64. The summed E-state index contributed by atoms with van der Waals surface area (Å²) in [7, 11) is 0. The largest absolute Gasteiger partial charge is 0.493 e. The summed E-state index contributed by atoms with van der Waals surface area (Å²) in [6, 6.07) is 8.22. The maximum atomic E-state index is 5.96. The molecule has 0 atom stereocenters. The standard InChI is InChI=1S/C24H31N3O2/c1-7-9-28-22-16(5)11-20(13-18(22)8-2)24-26-23(27-29-24)19-12-17(6)25-21(14-19)10-15(3)4/h11-15H,7-10H2,1-6H3. The van der Waals surface area contributed by atoms with Crippen LogP contribution in [0.15, 0.2) is 28.8 Å². The molecule has 5 heteroatoms. The van der Waals surface area contributed by atoms with Crippen molar-refractivity contribution < 1.29 is 9.26 Å². The highest BCUT2D eigenvalue weighted by molar-refractivity contribution is 5.63. The third kappa shape index (κ3) is 5.03. The van der Waals surface area contributed by atoms with E-state index >= 15 is 0 Å². The van der Waals surface area contributed by atoms with Crippen LogP contribution in [0.5, 0.6) is 5.75 Å². The van der Waals surface area contributed by atoms with Gasteiger partial charge in [-0.1, -0.05) is 32.9 Å². The van der Waals surface area contributed by atoms with Gasteiger partial charge in [0.05, 0.1) is 6.61 Å². The monoisotopic (exact) mass is 393 g/mol. The molecule has 0 unspecified atom stereocenters. The number of pyridine rings is 1. The molecule has 29 heavy (non-hydrogen) atoms. The highest BCUT2D eigenvalue weighted by Gasteiger charge is 2.16. The van der Waals surface area contributed by atoms with Gasteiger partial charge in [0.1, 0.15) is 5.75 Å². The predicted octanol–water partition coefficient (Wildman–Crippen LogP) is 5.97. The Morgan fingerprint density at radius 3 is 2.48 bits per heavy atom. The molecule has 3 aromatic rings. The van der Waals surface area contributed by atoms with Gasteiger partial charge in [-0.25, -0.2) is 0 Å². The lowest BCUT2D eigenvalue weighted by Gasteiger charge is -2.14. The summed E-state index contributed by atoms with van der Waals surface area (Å²) in [5, 5.41) is 4.24. The lowest BCUT2D eigenvalue weighted by Crippen LogP contribution is -2.01. The van der Waals surface area contributed by atoms with Crippen molar-refractivity contribution in [2.75, 3.05) is 6.61 Å². The van der Waals surface area contributed by atoms with E-state index in [1.54, 1.807) is 0 Å². The van der Waals surface area contributed by atoms with E-state index in [0.717, 1.165) is 65.3 Å². The minimum atomic E-state index is 0.528. The van der Waals surface area contributed by atoms with Crippen LogP contribution >= 0.6 is 0 Å². The molecule has 0 aliphatic rings. The molecular weight excluding hydrogens is 362 g/mol. The molecule has 0 aliphatic carbocycles. The number of benzene rings is 1. The van der Waals surface area contributed by atoms with Gasteiger partial charge >= 0.3 is 0 Å². The van der Waals surface area contributed by atoms with Gasteiger partial charge in [0.2, 0.25) is 5.82 Å². The predicted molar refractivity (Wildman–Crippen MR) is 116 cm³/mol. The van der Waals surface area contributed by atoms with Crippen molar-refractivity contribution in [1.82, 2.24) is 15.1 Å². The quantitative estimate of drug-likeness (QED) is 0.472. The lowest BCUT2D eigenvalue weighted by atomic mass is 10.0. The fourth-order valence-electron chi connectivity index (χ4n) is 3.49. The van der Waals surface area contributed by atoms with Crippen molar-refractivity contribution in [2.45, 2.75) is 60.8 Å². The summed E-state index contributed by atoms with van der Waals surface area (Å²) in [6.07, 6.45) is 2.80. The van der Waals surface area contributed by atoms with Crippen molar-refractivity contribution in [1.29, 1.82) is 0 Å². The van der Waals surface area contributed by atoms with Gasteiger partial charge in [-0.2, -0.15) is 4.98 Å². The second-order valence-electron chi connectivity index (χ2n) is 7.99. The van der Waals surface area contributed by atoms with Crippen molar-refractivity contribution in [3.63, 3.8) is 0 Å². The average molecular weight is 394 g/mol. The minimum Gasteiger partial charge on any atom is -0.493 e. The van der Waals surface area contributed by atoms with E-state index in [1.807, 2.05) is 13.0 Å². The van der Waals surface area contributed by atoms with Crippen LogP contribution in [0.2, 0.25) is 0 Å². The minimum absolute atomic E-state index is 0.528. The number of hydrogen-bond donors (Lipinski definition) is 0. The maximum absolute atomic E-state index is 5.96. The molecule has 0 N–H and O–H groups in total. The molecule has 0 spiro atoms. The Balaban J connectivity index is 1.94. The SMILES string of the molecule is CCCOc1c(C)cc(-c2nc(-c3cc(C)nc(CC(C)C)c3)no2)cc1CC. The smallest absolute Gasteiger partial charge is 0.258 e. The van der Waals surface area contributed by atoms with Crippen LogP contribution < -0.4 is 4.74 Å². The molecule has 2 aromatic heterocycles. The van der Waals surface area contributed by atoms with Gasteiger partial charge in [-0.15, -0.1) is 0 Å². The van der Waals surface area contributed by atoms with E-state index in [4.69, 9.17) is 9.26 Å². The van der Waals surface area contributed by atoms with E-state index in [9.17, 15) is 0 Å². The first-order valence-electron chi connectivity index (χ1n) is 10.5. The number of ether oxygens (including phenoxy) is 1. The Bertz CT molecular complexity index is 976. The third-order valence-electron chi connectivity index (χ3n) is 4.74. The molecule has 1 aromatic carbocycles. The molecule has 0 amide bonds. The summed E-state index contributed by atoms with van der Waals surface area (Å²) in [4.78, 5) is 9.31. The van der Waals surface area contributed by atoms with Crippen LogP contribution in [0.4, 0.5) is 0 Å². The number of rotatable bonds is 8. The molecule has 5 nitrogen and oxygen atoms in total. The first-order chi connectivity index (χ1) is 13.9. The van der Waals surface area contributed by atoms with Crippen LogP contribution in [0.3, 0.4) is 0 Å². The summed E-state index contributed by atoms with van der Waals surface area (Å²) in [5.41, 5.74) is 6.14. The molecular formula is C24H31N3O2. The Hall–Kier alpha value is -2.69. The molecule has 0 radical (unpaired) electrons. The van der Waals surface area contributed by atoms with Gasteiger partial charge in [0, 0.05) is 22.5 Å². The molecule has 2 heterocycles. The Morgan fingerprint density at radius 1 is 1.00 bits per heavy atom. The van der Waals surface area contributed by atoms with Gasteiger partial charge in [0.15, 0.2) is 0 Å². The molecule has 0 fully saturated rings. The van der Waals surface area contributed by atoms with E-state index in [2.05, 4.69) is 67.9 Å². The zero-order valence-electron chi connectivity index (χ0n) is 18.4. The van der Waals surface area contributed by atoms with Crippen LogP contribution in [0.25, 0.3) is 22.8 Å². The van der Waals surface area contributed by atoms with Gasteiger partial charge < -0.3 is 9.26 Å². The van der Waals surface area contributed by atoms with Crippen LogP contribution in [-0.2, 0) is 12.8 Å².